The van der Waals surface area contributed by atoms with Crippen molar-refractivity contribution in [1.29, 1.82) is 0 Å². The Bertz CT molecular complexity index is 1030. The molecule has 1 aliphatic carbocycles. The molecule has 0 radical (unpaired) electrons. The fraction of sp³-hybridized carbons (Fsp3) is 0.375. The number of amides is 1. The third-order valence-electron chi connectivity index (χ3n) is 5.94. The number of aryl methyl sites for hydroxylation is 2. The van der Waals surface area contributed by atoms with Crippen molar-refractivity contribution in [2.45, 2.75) is 32.2 Å². The van der Waals surface area contributed by atoms with Gasteiger partial charge in [-0.2, -0.15) is 0 Å². The van der Waals surface area contributed by atoms with Crippen LogP contribution in [-0.4, -0.2) is 37.1 Å². The highest BCUT2D eigenvalue weighted by Crippen LogP contribution is 2.30. The maximum Gasteiger partial charge on any atom is 0.228 e. The highest BCUT2D eigenvalue weighted by molar-refractivity contribution is 5.95. The molecule has 5 nitrogen and oxygen atoms in total. The van der Waals surface area contributed by atoms with E-state index < -0.39 is 0 Å². The van der Waals surface area contributed by atoms with Crippen LogP contribution in [0.5, 0.6) is 0 Å². The summed E-state index contributed by atoms with van der Waals surface area (Å²) in [5.41, 5.74) is 6.68. The summed E-state index contributed by atoms with van der Waals surface area (Å²) in [5, 5.41) is 4.12. The van der Waals surface area contributed by atoms with E-state index in [4.69, 9.17) is 9.15 Å². The third-order valence-corrected chi connectivity index (χ3v) is 5.94. The smallest absolute Gasteiger partial charge is 0.228 e. The molecule has 29 heavy (non-hydrogen) atoms. The number of nitrogens with zero attached hydrogens (tertiary/aromatic N) is 1. The Balaban J connectivity index is 1.26. The summed E-state index contributed by atoms with van der Waals surface area (Å²) in [6.45, 7) is 4.36. The molecule has 1 aromatic heterocycles. The first-order valence-electron chi connectivity index (χ1n) is 10.5. The number of carbonyl (C=O) groups is 1. The normalized spacial score (nSPS) is 16.8. The van der Waals surface area contributed by atoms with Crippen LogP contribution in [0.3, 0.4) is 0 Å². The van der Waals surface area contributed by atoms with Gasteiger partial charge in [-0.1, -0.05) is 12.1 Å². The fourth-order valence-electron chi connectivity index (χ4n) is 4.43. The van der Waals surface area contributed by atoms with Crippen LogP contribution in [0.15, 0.2) is 47.1 Å². The minimum atomic E-state index is -0.0169. The maximum absolute atomic E-state index is 12.7. The summed E-state index contributed by atoms with van der Waals surface area (Å²) in [7, 11) is 0. The summed E-state index contributed by atoms with van der Waals surface area (Å²) in [6, 6.07) is 12.5. The predicted octanol–water partition coefficient (Wildman–Crippen LogP) is 3.93. The lowest BCUT2D eigenvalue weighted by atomic mass is 10.0. The summed E-state index contributed by atoms with van der Waals surface area (Å²) < 4.78 is 11.1. The summed E-state index contributed by atoms with van der Waals surface area (Å²) in [6.07, 6.45) is 5.51. The van der Waals surface area contributed by atoms with E-state index in [0.29, 0.717) is 6.42 Å². The molecule has 5 heteroatoms. The van der Waals surface area contributed by atoms with Gasteiger partial charge in [-0.3, -0.25) is 9.69 Å². The molecular weight excluding hydrogens is 364 g/mol. The molecule has 1 amide bonds. The third kappa shape index (κ3) is 4.07. The van der Waals surface area contributed by atoms with E-state index in [1.165, 1.54) is 23.1 Å². The summed E-state index contributed by atoms with van der Waals surface area (Å²) in [5.74, 6) is -0.0169. The van der Waals surface area contributed by atoms with Crippen molar-refractivity contribution in [1.82, 2.24) is 4.90 Å². The topological polar surface area (TPSA) is 54.7 Å². The highest BCUT2D eigenvalue weighted by atomic mass is 16.5. The number of fused-ring (bicyclic) bond motifs is 2. The van der Waals surface area contributed by atoms with Gasteiger partial charge in [0, 0.05) is 36.3 Å². The first-order chi connectivity index (χ1) is 14.2. The minimum absolute atomic E-state index is 0.0169. The number of ether oxygens (including phenoxy) is 1. The van der Waals surface area contributed by atoms with Crippen molar-refractivity contribution in [2.24, 2.45) is 0 Å². The Kier molecular flexibility index (Phi) is 5.08. The number of hydrogen-bond acceptors (Lipinski definition) is 4. The van der Waals surface area contributed by atoms with Crippen molar-refractivity contribution in [3.63, 3.8) is 0 Å². The standard InChI is InChI=1S/C24H26N2O3/c27-24(14-20-16-29-23-13-19-5-2-4-18(19)12-22(20)23)25-21-6-1-3-17(11-21)15-26-7-9-28-10-8-26/h1,3,6,11-13,16H,2,4-5,7-10,14-15H2,(H,25,27). The largest absolute Gasteiger partial charge is 0.464 e. The molecule has 1 fully saturated rings. The van der Waals surface area contributed by atoms with Crippen LogP contribution >= 0.6 is 0 Å². The SMILES string of the molecule is O=C(Cc1coc2cc3c(cc12)CCC3)Nc1cccc(CN2CCOCC2)c1. The zero-order valence-corrected chi connectivity index (χ0v) is 16.6. The Labute approximate surface area is 170 Å². The highest BCUT2D eigenvalue weighted by Gasteiger charge is 2.17. The van der Waals surface area contributed by atoms with E-state index in [2.05, 4.69) is 34.5 Å². The van der Waals surface area contributed by atoms with Crippen LogP contribution in [0.25, 0.3) is 11.0 Å². The van der Waals surface area contributed by atoms with Gasteiger partial charge < -0.3 is 14.5 Å². The molecule has 150 valence electrons. The Morgan fingerprint density at radius 3 is 2.76 bits per heavy atom. The van der Waals surface area contributed by atoms with Gasteiger partial charge >= 0.3 is 0 Å². The number of benzene rings is 2. The summed E-state index contributed by atoms with van der Waals surface area (Å²) >= 11 is 0. The Morgan fingerprint density at radius 1 is 1.07 bits per heavy atom. The van der Waals surface area contributed by atoms with Gasteiger partial charge in [-0.25, -0.2) is 0 Å². The van der Waals surface area contributed by atoms with Crippen molar-refractivity contribution in [2.75, 3.05) is 31.6 Å². The number of morpholine rings is 1. The average molecular weight is 390 g/mol. The second kappa shape index (κ2) is 8.01. The van der Waals surface area contributed by atoms with Crippen molar-refractivity contribution in [3.8, 4) is 0 Å². The molecule has 5 rings (SSSR count). The molecule has 2 aliphatic rings. The first-order valence-corrected chi connectivity index (χ1v) is 10.5. The molecule has 3 aromatic rings. The Morgan fingerprint density at radius 2 is 1.90 bits per heavy atom. The van der Waals surface area contributed by atoms with E-state index in [-0.39, 0.29) is 5.91 Å². The van der Waals surface area contributed by atoms with Gasteiger partial charge in [0.15, 0.2) is 0 Å². The number of anilines is 1. The van der Waals surface area contributed by atoms with Gasteiger partial charge in [0.05, 0.1) is 25.9 Å². The van der Waals surface area contributed by atoms with E-state index >= 15 is 0 Å². The maximum atomic E-state index is 12.7. The molecule has 0 bridgehead atoms. The number of nitrogens with one attached hydrogen (secondary N) is 1. The molecule has 1 saturated heterocycles. The number of carbonyl (C=O) groups excluding carboxylic acids is 1. The molecule has 1 aliphatic heterocycles. The second-order valence-electron chi connectivity index (χ2n) is 8.05. The first kappa shape index (κ1) is 18.4. The number of furan rings is 1. The van der Waals surface area contributed by atoms with E-state index in [0.717, 1.165) is 67.9 Å². The lowest BCUT2D eigenvalue weighted by Gasteiger charge is -2.26. The zero-order chi connectivity index (χ0) is 19.6. The lowest BCUT2D eigenvalue weighted by molar-refractivity contribution is -0.115. The van der Waals surface area contributed by atoms with Gasteiger partial charge in [0.2, 0.25) is 5.91 Å². The minimum Gasteiger partial charge on any atom is -0.464 e. The second-order valence-corrected chi connectivity index (χ2v) is 8.05. The number of hydrogen-bond donors (Lipinski definition) is 1. The van der Waals surface area contributed by atoms with E-state index in [1.54, 1.807) is 6.26 Å². The van der Waals surface area contributed by atoms with Crippen LogP contribution in [0.2, 0.25) is 0 Å². The molecule has 2 heterocycles. The molecule has 2 aromatic carbocycles. The lowest BCUT2D eigenvalue weighted by Crippen LogP contribution is -2.35. The monoisotopic (exact) mass is 390 g/mol. The van der Waals surface area contributed by atoms with E-state index in [1.807, 2.05) is 12.1 Å². The van der Waals surface area contributed by atoms with Crippen LogP contribution in [0.1, 0.15) is 28.7 Å². The van der Waals surface area contributed by atoms with Crippen molar-refractivity contribution >= 4 is 22.6 Å². The molecule has 0 atom stereocenters. The van der Waals surface area contributed by atoms with Crippen LogP contribution in [-0.2, 0) is 35.3 Å². The molecule has 0 spiro atoms. The molecular formula is C24H26N2O3. The molecule has 1 N–H and O–H groups in total. The van der Waals surface area contributed by atoms with Crippen molar-refractivity contribution in [3.05, 3.63) is 64.9 Å². The zero-order valence-electron chi connectivity index (χ0n) is 16.6. The van der Waals surface area contributed by atoms with Crippen LogP contribution in [0, 0.1) is 0 Å². The summed E-state index contributed by atoms with van der Waals surface area (Å²) in [4.78, 5) is 15.1. The number of rotatable bonds is 5. The average Bonchev–Trinajstić information content (AvgIpc) is 3.34. The van der Waals surface area contributed by atoms with Crippen LogP contribution in [0.4, 0.5) is 5.69 Å². The quantitative estimate of drug-likeness (QED) is 0.717. The van der Waals surface area contributed by atoms with E-state index in [9.17, 15) is 4.79 Å². The van der Waals surface area contributed by atoms with Crippen molar-refractivity contribution < 1.29 is 13.9 Å². The van der Waals surface area contributed by atoms with Gasteiger partial charge in [0.1, 0.15) is 5.58 Å². The molecule has 0 unspecified atom stereocenters. The van der Waals surface area contributed by atoms with Gasteiger partial charge in [0.25, 0.3) is 0 Å². The van der Waals surface area contributed by atoms with Crippen LogP contribution < -0.4 is 5.32 Å². The predicted molar refractivity (Wildman–Crippen MR) is 113 cm³/mol. The fourth-order valence-corrected chi connectivity index (χ4v) is 4.43. The van der Waals surface area contributed by atoms with Gasteiger partial charge in [-0.15, -0.1) is 0 Å². The molecule has 0 saturated carbocycles. The Hall–Kier alpha value is -2.63. The van der Waals surface area contributed by atoms with Gasteiger partial charge in [-0.05, 0) is 60.2 Å².